The molecule has 0 spiro atoms. The third-order valence-electron chi connectivity index (χ3n) is 4.77. The maximum Gasteiger partial charge on any atom is 0.249 e. The van der Waals surface area contributed by atoms with E-state index in [0.717, 1.165) is 5.56 Å². The molecule has 0 radical (unpaired) electrons. The van der Waals surface area contributed by atoms with Crippen molar-refractivity contribution in [2.45, 2.75) is 35.1 Å². The standard InChI is InChI=1S/C16H22N4O5S2/c1-12-10-14(4-5-15(12)25-3)27(23,24)20-8-6-13(7-9-20)26(21,22)16-18-17-11-19(16)2/h4-5,10-11,13H,6-9H2,1-3H3. The van der Waals surface area contributed by atoms with Crippen molar-refractivity contribution in [3.63, 3.8) is 0 Å². The van der Waals surface area contributed by atoms with Crippen LogP contribution in [-0.2, 0) is 26.9 Å². The average molecular weight is 415 g/mol. The summed E-state index contributed by atoms with van der Waals surface area (Å²) < 4.78 is 59.0. The van der Waals surface area contributed by atoms with Crippen molar-refractivity contribution in [3.05, 3.63) is 30.1 Å². The largest absolute Gasteiger partial charge is 0.496 e. The molecule has 2 aromatic rings. The van der Waals surface area contributed by atoms with Gasteiger partial charge in [0, 0.05) is 20.1 Å². The van der Waals surface area contributed by atoms with E-state index in [4.69, 9.17) is 4.74 Å². The van der Waals surface area contributed by atoms with E-state index >= 15 is 0 Å². The molecule has 148 valence electrons. The number of hydrogen-bond donors (Lipinski definition) is 0. The molecule has 1 aromatic carbocycles. The van der Waals surface area contributed by atoms with E-state index in [2.05, 4.69) is 10.2 Å². The van der Waals surface area contributed by atoms with Crippen LogP contribution in [0, 0.1) is 6.92 Å². The Morgan fingerprint density at radius 1 is 1.15 bits per heavy atom. The summed E-state index contributed by atoms with van der Waals surface area (Å²) in [6.07, 6.45) is 1.76. The number of aryl methyl sites for hydroxylation is 2. The lowest BCUT2D eigenvalue weighted by Crippen LogP contribution is -2.42. The second-order valence-corrected chi connectivity index (χ2v) is 10.6. The smallest absolute Gasteiger partial charge is 0.249 e. The Balaban J connectivity index is 1.77. The molecule has 1 aliphatic heterocycles. The summed E-state index contributed by atoms with van der Waals surface area (Å²) >= 11 is 0. The molecule has 1 saturated heterocycles. The first-order valence-electron chi connectivity index (χ1n) is 8.40. The van der Waals surface area contributed by atoms with Gasteiger partial charge in [-0.25, -0.2) is 16.8 Å². The normalized spacial score (nSPS) is 17.1. The minimum atomic E-state index is -3.69. The van der Waals surface area contributed by atoms with Crippen molar-refractivity contribution < 1.29 is 21.6 Å². The van der Waals surface area contributed by atoms with E-state index in [1.807, 2.05) is 0 Å². The molecule has 0 saturated carbocycles. The molecule has 3 rings (SSSR count). The molecule has 11 heteroatoms. The van der Waals surface area contributed by atoms with E-state index in [1.165, 1.54) is 28.4 Å². The van der Waals surface area contributed by atoms with E-state index in [9.17, 15) is 16.8 Å². The summed E-state index contributed by atoms with van der Waals surface area (Å²) in [5, 5.41) is 6.54. The van der Waals surface area contributed by atoms with Crippen LogP contribution in [0.2, 0.25) is 0 Å². The highest BCUT2D eigenvalue weighted by molar-refractivity contribution is 7.92. The molecule has 0 amide bonds. The fourth-order valence-corrected chi connectivity index (χ4v) is 6.52. The molecular weight excluding hydrogens is 392 g/mol. The first-order chi connectivity index (χ1) is 12.7. The fraction of sp³-hybridized carbons (Fsp3) is 0.500. The molecule has 0 unspecified atom stereocenters. The third kappa shape index (κ3) is 3.58. The van der Waals surface area contributed by atoms with Crippen molar-refractivity contribution in [3.8, 4) is 5.75 Å². The first kappa shape index (κ1) is 19.8. The van der Waals surface area contributed by atoms with E-state index in [1.54, 1.807) is 26.1 Å². The predicted octanol–water partition coefficient (Wildman–Crippen LogP) is 0.759. The van der Waals surface area contributed by atoms with Gasteiger partial charge in [0.25, 0.3) is 0 Å². The van der Waals surface area contributed by atoms with Gasteiger partial charge >= 0.3 is 0 Å². The lowest BCUT2D eigenvalue weighted by Gasteiger charge is -2.30. The van der Waals surface area contributed by atoms with Crippen LogP contribution in [0.5, 0.6) is 5.75 Å². The quantitative estimate of drug-likeness (QED) is 0.710. The monoisotopic (exact) mass is 414 g/mol. The summed E-state index contributed by atoms with van der Waals surface area (Å²) in [4.78, 5) is 0.176. The highest BCUT2D eigenvalue weighted by atomic mass is 32.2. The summed E-state index contributed by atoms with van der Waals surface area (Å²) in [5.41, 5.74) is 0.721. The third-order valence-corrected chi connectivity index (χ3v) is 8.89. The number of methoxy groups -OCH3 is 1. The van der Waals surface area contributed by atoms with Gasteiger partial charge in [-0.1, -0.05) is 0 Å². The van der Waals surface area contributed by atoms with Crippen molar-refractivity contribution >= 4 is 19.9 Å². The van der Waals surface area contributed by atoms with Crippen LogP contribution in [-0.4, -0.2) is 61.4 Å². The topological polar surface area (TPSA) is 111 Å². The molecule has 9 nitrogen and oxygen atoms in total. The highest BCUT2D eigenvalue weighted by Gasteiger charge is 2.37. The van der Waals surface area contributed by atoms with Crippen LogP contribution in [0.3, 0.4) is 0 Å². The number of benzene rings is 1. The summed E-state index contributed by atoms with van der Waals surface area (Å²) in [5.74, 6) is 0.613. The predicted molar refractivity (Wildman–Crippen MR) is 97.7 cm³/mol. The zero-order chi connectivity index (χ0) is 19.8. The Bertz CT molecular complexity index is 1040. The van der Waals surface area contributed by atoms with Crippen LogP contribution in [0.1, 0.15) is 18.4 Å². The number of rotatable bonds is 5. The van der Waals surface area contributed by atoms with Gasteiger partial charge in [-0.2, -0.15) is 4.31 Å². The zero-order valence-corrected chi connectivity index (χ0v) is 17.0. The Hall–Kier alpha value is -1.98. The average Bonchev–Trinajstić information content (AvgIpc) is 3.08. The van der Waals surface area contributed by atoms with E-state index < -0.39 is 25.1 Å². The lowest BCUT2D eigenvalue weighted by atomic mass is 10.2. The number of aromatic nitrogens is 3. The number of ether oxygens (including phenoxy) is 1. The molecule has 0 aliphatic carbocycles. The summed E-state index contributed by atoms with van der Waals surface area (Å²) in [6.45, 7) is 2.04. The maximum atomic E-state index is 12.9. The minimum Gasteiger partial charge on any atom is -0.496 e. The van der Waals surface area contributed by atoms with E-state index in [0.29, 0.717) is 5.75 Å². The minimum absolute atomic E-state index is 0.0883. The second-order valence-electron chi connectivity index (χ2n) is 6.50. The van der Waals surface area contributed by atoms with Gasteiger partial charge in [0.1, 0.15) is 12.1 Å². The van der Waals surface area contributed by atoms with Crippen LogP contribution < -0.4 is 4.74 Å². The van der Waals surface area contributed by atoms with Gasteiger partial charge in [0.2, 0.25) is 25.0 Å². The van der Waals surface area contributed by atoms with Crippen LogP contribution in [0.25, 0.3) is 0 Å². The highest BCUT2D eigenvalue weighted by Crippen LogP contribution is 2.28. The van der Waals surface area contributed by atoms with Crippen LogP contribution in [0.4, 0.5) is 0 Å². The first-order valence-corrected chi connectivity index (χ1v) is 11.4. The Labute approximate surface area is 158 Å². The van der Waals surface area contributed by atoms with E-state index in [-0.39, 0.29) is 36.0 Å². The molecular formula is C16H22N4O5S2. The molecule has 1 fully saturated rings. The molecule has 0 N–H and O–H groups in total. The SMILES string of the molecule is COc1ccc(S(=O)(=O)N2CCC(S(=O)(=O)c3nncn3C)CC2)cc1C. The van der Waals surface area contributed by atoms with Gasteiger partial charge in [0.05, 0.1) is 17.3 Å². The summed E-state index contributed by atoms with van der Waals surface area (Å²) in [7, 11) is -4.24. The molecule has 1 aromatic heterocycles. The second kappa shape index (κ2) is 7.21. The number of piperidine rings is 1. The molecule has 1 aliphatic rings. The van der Waals surface area contributed by atoms with Gasteiger partial charge in [0.15, 0.2) is 0 Å². The molecule has 27 heavy (non-hydrogen) atoms. The fourth-order valence-electron chi connectivity index (χ4n) is 3.22. The maximum absolute atomic E-state index is 12.9. The van der Waals surface area contributed by atoms with Crippen molar-refractivity contribution in [2.24, 2.45) is 7.05 Å². The zero-order valence-electron chi connectivity index (χ0n) is 15.4. The summed E-state index contributed by atoms with van der Waals surface area (Å²) in [6, 6.07) is 4.69. The van der Waals surface area contributed by atoms with Gasteiger partial charge < -0.3 is 9.30 Å². The molecule has 0 bridgehead atoms. The number of nitrogens with zero attached hydrogens (tertiary/aromatic N) is 4. The van der Waals surface area contributed by atoms with Gasteiger partial charge in [-0.05, 0) is 43.5 Å². The van der Waals surface area contributed by atoms with Gasteiger partial charge in [-0.15, -0.1) is 10.2 Å². The van der Waals surface area contributed by atoms with Crippen molar-refractivity contribution in [2.75, 3.05) is 20.2 Å². The van der Waals surface area contributed by atoms with Crippen molar-refractivity contribution in [1.82, 2.24) is 19.1 Å². The number of sulfone groups is 1. The Morgan fingerprint density at radius 2 is 1.81 bits per heavy atom. The molecule has 0 atom stereocenters. The van der Waals surface area contributed by atoms with Crippen LogP contribution >= 0.6 is 0 Å². The lowest BCUT2D eigenvalue weighted by molar-refractivity contribution is 0.344. The number of sulfonamides is 1. The Morgan fingerprint density at radius 3 is 2.33 bits per heavy atom. The number of hydrogen-bond acceptors (Lipinski definition) is 7. The van der Waals surface area contributed by atoms with Crippen LogP contribution in [0.15, 0.2) is 34.6 Å². The van der Waals surface area contributed by atoms with Crippen molar-refractivity contribution in [1.29, 1.82) is 0 Å². The Kier molecular flexibility index (Phi) is 5.28. The van der Waals surface area contributed by atoms with Gasteiger partial charge in [-0.3, -0.25) is 0 Å². The molecule has 2 heterocycles.